The molecule has 25 heavy (non-hydrogen) atoms. The lowest BCUT2D eigenvalue weighted by molar-refractivity contribution is -0.138. The van der Waals surface area contributed by atoms with Gasteiger partial charge >= 0.3 is 5.97 Å². The Bertz CT molecular complexity index is 773. The van der Waals surface area contributed by atoms with Crippen LogP contribution in [0.15, 0.2) is 48.5 Å². The van der Waals surface area contributed by atoms with Gasteiger partial charge in [-0.2, -0.15) is 0 Å². The molecule has 6 heteroatoms. The largest absolute Gasteiger partial charge is 0.425 e. The van der Waals surface area contributed by atoms with Gasteiger partial charge in [-0.1, -0.05) is 41.4 Å². The monoisotopic (exact) mass is 377 g/mol. The van der Waals surface area contributed by atoms with E-state index in [1.54, 1.807) is 36.4 Å². The van der Waals surface area contributed by atoms with Crippen LogP contribution in [0.25, 0.3) is 0 Å². The number of rotatable bonds is 5. The van der Waals surface area contributed by atoms with Crippen LogP contribution in [0, 0.1) is 0 Å². The van der Waals surface area contributed by atoms with Crippen LogP contribution >= 0.6 is 23.2 Å². The first kappa shape index (κ1) is 17.9. The molecular formula is C19H17Cl2NO3. The molecule has 3 rings (SSSR count). The minimum atomic E-state index is -0.986. The summed E-state index contributed by atoms with van der Waals surface area (Å²) in [5, 5.41) is 0.645. The number of esters is 1. The van der Waals surface area contributed by atoms with Gasteiger partial charge in [0.2, 0.25) is 0 Å². The molecule has 2 aromatic rings. The Hall–Kier alpha value is -1.88. The van der Waals surface area contributed by atoms with Crippen LogP contribution < -0.4 is 4.74 Å². The molecule has 1 heterocycles. The summed E-state index contributed by atoms with van der Waals surface area (Å²) in [6.45, 7) is 1.36. The third-order valence-electron chi connectivity index (χ3n) is 4.14. The van der Waals surface area contributed by atoms with Gasteiger partial charge in [-0.25, -0.2) is 4.79 Å². The van der Waals surface area contributed by atoms with Crippen LogP contribution in [0.5, 0.6) is 5.75 Å². The van der Waals surface area contributed by atoms with Crippen LogP contribution in [0.1, 0.15) is 23.2 Å². The van der Waals surface area contributed by atoms with E-state index in [1.165, 1.54) is 6.07 Å². The maximum atomic E-state index is 13.0. The number of hydrogen-bond acceptors (Lipinski definition) is 4. The van der Waals surface area contributed by atoms with Gasteiger partial charge in [0.25, 0.3) is 0 Å². The lowest BCUT2D eigenvalue weighted by Crippen LogP contribution is -2.47. The Labute approximate surface area is 156 Å². The normalized spacial score (nSPS) is 15.8. The highest BCUT2D eigenvalue weighted by atomic mass is 35.5. The molecule has 0 saturated carbocycles. The molecule has 1 aliphatic heterocycles. The van der Waals surface area contributed by atoms with Crippen molar-refractivity contribution in [1.82, 2.24) is 4.90 Å². The van der Waals surface area contributed by atoms with E-state index in [4.69, 9.17) is 27.9 Å². The first-order valence-electron chi connectivity index (χ1n) is 8.06. The molecule has 0 aliphatic carbocycles. The van der Waals surface area contributed by atoms with Gasteiger partial charge < -0.3 is 4.74 Å². The highest BCUT2D eigenvalue weighted by Gasteiger charge is 2.36. The Kier molecular flexibility index (Phi) is 5.74. The lowest BCUT2D eigenvalue weighted by Gasteiger charge is -2.24. The number of nitrogens with zero attached hydrogens (tertiary/aromatic N) is 1. The highest BCUT2D eigenvalue weighted by Crippen LogP contribution is 2.25. The second-order valence-corrected chi connectivity index (χ2v) is 6.69. The van der Waals surface area contributed by atoms with Gasteiger partial charge in [0.1, 0.15) is 5.75 Å². The number of ether oxygens (including phenoxy) is 1. The van der Waals surface area contributed by atoms with Gasteiger partial charge in [0.15, 0.2) is 11.8 Å². The summed E-state index contributed by atoms with van der Waals surface area (Å²) in [6, 6.07) is 12.4. The molecule has 1 unspecified atom stereocenters. The smallest absolute Gasteiger partial charge is 0.336 e. The summed E-state index contributed by atoms with van der Waals surface area (Å²) < 4.78 is 5.43. The zero-order valence-corrected chi connectivity index (χ0v) is 15.0. The Morgan fingerprint density at radius 2 is 1.64 bits per heavy atom. The van der Waals surface area contributed by atoms with Gasteiger partial charge in [0, 0.05) is 5.56 Å². The second kappa shape index (κ2) is 8.00. The first-order chi connectivity index (χ1) is 12.1. The van der Waals surface area contributed by atoms with Crippen molar-refractivity contribution in [3.05, 3.63) is 64.1 Å². The maximum absolute atomic E-state index is 13.0. The Morgan fingerprint density at radius 1 is 0.960 bits per heavy atom. The molecular weight excluding hydrogens is 361 g/mol. The fourth-order valence-electron chi connectivity index (χ4n) is 2.89. The molecule has 0 aromatic heterocycles. The molecule has 0 bridgehead atoms. The summed E-state index contributed by atoms with van der Waals surface area (Å²) in [6.07, 6.45) is 1.90. The highest BCUT2D eigenvalue weighted by molar-refractivity contribution is 6.42. The first-order valence-corrected chi connectivity index (χ1v) is 8.82. The van der Waals surface area contributed by atoms with Crippen LogP contribution in [0.3, 0.4) is 0 Å². The van der Waals surface area contributed by atoms with Crippen LogP contribution in [-0.4, -0.2) is 35.8 Å². The molecule has 4 nitrogen and oxygen atoms in total. The van der Waals surface area contributed by atoms with E-state index in [-0.39, 0.29) is 10.8 Å². The molecule has 0 N–H and O–H groups in total. The average Bonchev–Trinajstić information content (AvgIpc) is 3.12. The van der Waals surface area contributed by atoms with Gasteiger partial charge in [0.05, 0.1) is 10.0 Å². The molecule has 1 fully saturated rings. The van der Waals surface area contributed by atoms with E-state index in [1.807, 2.05) is 11.0 Å². The van der Waals surface area contributed by atoms with Crippen molar-refractivity contribution in [3.8, 4) is 5.75 Å². The lowest BCUT2D eigenvalue weighted by atomic mass is 10.0. The predicted octanol–water partition coefficient (Wildman–Crippen LogP) is 4.25. The average molecular weight is 378 g/mol. The van der Waals surface area contributed by atoms with E-state index >= 15 is 0 Å². The van der Waals surface area contributed by atoms with Crippen molar-refractivity contribution in [3.63, 3.8) is 0 Å². The van der Waals surface area contributed by atoms with Crippen molar-refractivity contribution in [1.29, 1.82) is 0 Å². The Balaban J connectivity index is 1.87. The molecule has 0 spiro atoms. The number of carbonyl (C=O) groups excluding carboxylic acids is 2. The predicted molar refractivity (Wildman–Crippen MR) is 97.5 cm³/mol. The van der Waals surface area contributed by atoms with E-state index < -0.39 is 12.0 Å². The van der Waals surface area contributed by atoms with Crippen LogP contribution in [0.4, 0.5) is 0 Å². The fourth-order valence-corrected chi connectivity index (χ4v) is 3.19. The van der Waals surface area contributed by atoms with Crippen LogP contribution in [0.2, 0.25) is 10.0 Å². The third-order valence-corrected chi connectivity index (χ3v) is 4.88. The van der Waals surface area contributed by atoms with Gasteiger partial charge in [-0.05, 0) is 56.3 Å². The summed E-state index contributed by atoms with van der Waals surface area (Å²) in [5.41, 5.74) is 0.344. The fraction of sp³-hybridized carbons (Fsp3) is 0.263. The topological polar surface area (TPSA) is 46.6 Å². The summed E-state index contributed by atoms with van der Waals surface area (Å²) in [7, 11) is 0. The van der Waals surface area contributed by atoms with Crippen molar-refractivity contribution in [2.45, 2.75) is 18.9 Å². The summed E-state index contributed by atoms with van der Waals surface area (Å²) in [5.74, 6) is -0.496. The molecule has 1 saturated heterocycles. The second-order valence-electron chi connectivity index (χ2n) is 5.87. The number of Topliss-reactive ketones (excluding diaryl/α,β-unsaturated/α-hetero) is 1. The molecule has 2 aromatic carbocycles. The Morgan fingerprint density at radius 3 is 2.28 bits per heavy atom. The van der Waals surface area contributed by atoms with Gasteiger partial charge in [-0.3, -0.25) is 9.69 Å². The molecule has 130 valence electrons. The zero-order valence-electron chi connectivity index (χ0n) is 13.5. The van der Waals surface area contributed by atoms with Crippen molar-refractivity contribution >= 4 is 35.0 Å². The molecule has 1 aliphatic rings. The van der Waals surface area contributed by atoms with E-state index in [0.717, 1.165) is 12.8 Å². The third kappa shape index (κ3) is 4.21. The number of likely N-dealkylation sites (tertiary alicyclic amines) is 1. The molecule has 0 amide bonds. The SMILES string of the molecule is O=C(Oc1ccccc1)C(C(=O)c1ccc(Cl)c(Cl)c1)N1CCCC1. The number of halogens is 2. The maximum Gasteiger partial charge on any atom is 0.336 e. The quantitative estimate of drug-likeness (QED) is 0.338. The number of ketones is 1. The van der Waals surface area contributed by atoms with Crippen molar-refractivity contribution in [2.75, 3.05) is 13.1 Å². The molecule has 0 radical (unpaired) electrons. The van der Waals surface area contributed by atoms with E-state index in [2.05, 4.69) is 0 Å². The van der Waals surface area contributed by atoms with Crippen molar-refractivity contribution in [2.24, 2.45) is 0 Å². The van der Waals surface area contributed by atoms with Gasteiger partial charge in [-0.15, -0.1) is 0 Å². The van der Waals surface area contributed by atoms with Crippen molar-refractivity contribution < 1.29 is 14.3 Å². The minimum Gasteiger partial charge on any atom is -0.425 e. The molecule has 1 atom stereocenters. The summed E-state index contributed by atoms with van der Waals surface area (Å²) >= 11 is 11.9. The number of benzene rings is 2. The number of carbonyl (C=O) groups is 2. The number of para-hydroxylation sites is 1. The zero-order chi connectivity index (χ0) is 17.8. The van der Waals surface area contributed by atoms with Crippen LogP contribution in [-0.2, 0) is 4.79 Å². The van der Waals surface area contributed by atoms with E-state index in [0.29, 0.717) is 29.4 Å². The standard InChI is InChI=1S/C19H17Cl2NO3/c20-15-9-8-13(12-16(15)21)18(23)17(22-10-4-5-11-22)19(24)25-14-6-2-1-3-7-14/h1-3,6-9,12,17H,4-5,10-11H2. The number of hydrogen-bond donors (Lipinski definition) is 0. The summed E-state index contributed by atoms with van der Waals surface area (Å²) in [4.78, 5) is 27.6. The van der Waals surface area contributed by atoms with E-state index in [9.17, 15) is 9.59 Å². The minimum absolute atomic E-state index is 0.282.